The molecule has 1 aliphatic carbocycles. The van der Waals surface area contributed by atoms with E-state index in [1.165, 1.54) is 24.1 Å². The van der Waals surface area contributed by atoms with Crippen LogP contribution in [0.1, 0.15) is 31.2 Å². The van der Waals surface area contributed by atoms with Crippen LogP contribution in [0.2, 0.25) is 0 Å². The van der Waals surface area contributed by atoms with Gasteiger partial charge in [-0.1, -0.05) is 0 Å². The van der Waals surface area contributed by atoms with Crippen LogP contribution in [0.3, 0.4) is 0 Å². The van der Waals surface area contributed by atoms with Crippen molar-refractivity contribution in [2.75, 3.05) is 18.7 Å². The van der Waals surface area contributed by atoms with Crippen LogP contribution in [-0.2, 0) is 0 Å². The van der Waals surface area contributed by atoms with Gasteiger partial charge in [0.2, 0.25) is 6.79 Å². The molecule has 4 heteroatoms. The second kappa shape index (κ2) is 4.93. The molecule has 0 radical (unpaired) electrons. The van der Waals surface area contributed by atoms with Gasteiger partial charge in [0.25, 0.3) is 0 Å². The van der Waals surface area contributed by atoms with Gasteiger partial charge in [0.15, 0.2) is 11.5 Å². The summed E-state index contributed by atoms with van der Waals surface area (Å²) in [7, 11) is 2.17. The number of fused-ring (bicyclic) bond motifs is 1. The fourth-order valence-electron chi connectivity index (χ4n) is 3.10. The molecular weight excluding hydrogens is 240 g/mol. The van der Waals surface area contributed by atoms with Crippen LogP contribution in [0, 0.1) is 6.92 Å². The highest BCUT2D eigenvalue weighted by atomic mass is 16.7. The van der Waals surface area contributed by atoms with Crippen molar-refractivity contribution >= 4 is 5.69 Å². The zero-order chi connectivity index (χ0) is 13.4. The summed E-state index contributed by atoms with van der Waals surface area (Å²) < 4.78 is 10.9. The standard InChI is InChI=1S/C15H22N2O2/c1-10-7-14-15(19-9-18-14)8-13(10)17(2)12-5-3-11(16)4-6-12/h7-8,11-12H,3-6,9,16H2,1-2H3. The molecule has 1 saturated carbocycles. The van der Waals surface area contributed by atoms with Crippen molar-refractivity contribution in [3.63, 3.8) is 0 Å². The Balaban J connectivity index is 1.81. The normalized spacial score (nSPS) is 25.4. The van der Waals surface area contributed by atoms with E-state index in [0.717, 1.165) is 24.3 Å². The number of ether oxygens (including phenoxy) is 2. The van der Waals surface area contributed by atoms with E-state index in [0.29, 0.717) is 18.9 Å². The number of nitrogens with zero attached hydrogens (tertiary/aromatic N) is 1. The minimum atomic E-state index is 0.334. The minimum absolute atomic E-state index is 0.334. The molecule has 0 bridgehead atoms. The Morgan fingerprint density at radius 3 is 2.42 bits per heavy atom. The lowest BCUT2D eigenvalue weighted by Gasteiger charge is -2.35. The first-order chi connectivity index (χ1) is 9.15. The maximum atomic E-state index is 5.98. The number of hydrogen-bond acceptors (Lipinski definition) is 4. The number of anilines is 1. The van der Waals surface area contributed by atoms with E-state index < -0.39 is 0 Å². The van der Waals surface area contributed by atoms with Crippen molar-refractivity contribution in [2.24, 2.45) is 5.73 Å². The van der Waals surface area contributed by atoms with Crippen LogP contribution in [-0.4, -0.2) is 25.9 Å². The first kappa shape index (κ1) is 12.6. The first-order valence-corrected chi connectivity index (χ1v) is 7.04. The van der Waals surface area contributed by atoms with E-state index in [-0.39, 0.29) is 0 Å². The largest absolute Gasteiger partial charge is 0.454 e. The monoisotopic (exact) mass is 262 g/mol. The van der Waals surface area contributed by atoms with E-state index in [9.17, 15) is 0 Å². The molecule has 1 heterocycles. The number of rotatable bonds is 2. The summed E-state index contributed by atoms with van der Waals surface area (Å²) in [4.78, 5) is 2.38. The van der Waals surface area contributed by atoms with Crippen LogP contribution in [0.5, 0.6) is 11.5 Å². The van der Waals surface area contributed by atoms with Crippen LogP contribution >= 0.6 is 0 Å². The molecule has 0 aromatic heterocycles. The summed E-state index contributed by atoms with van der Waals surface area (Å²) in [5, 5.41) is 0. The highest BCUT2D eigenvalue weighted by Gasteiger charge is 2.25. The molecular formula is C15H22N2O2. The third-order valence-electron chi connectivity index (χ3n) is 4.36. The Labute approximate surface area is 114 Å². The van der Waals surface area contributed by atoms with Crippen molar-refractivity contribution in [3.8, 4) is 11.5 Å². The first-order valence-electron chi connectivity index (χ1n) is 7.04. The third kappa shape index (κ3) is 2.37. The van der Waals surface area contributed by atoms with Gasteiger partial charge in [-0.15, -0.1) is 0 Å². The van der Waals surface area contributed by atoms with Gasteiger partial charge in [-0.3, -0.25) is 0 Å². The zero-order valence-corrected chi connectivity index (χ0v) is 11.7. The van der Waals surface area contributed by atoms with Crippen LogP contribution in [0.25, 0.3) is 0 Å². The number of hydrogen-bond donors (Lipinski definition) is 1. The van der Waals surface area contributed by atoms with Gasteiger partial charge in [0, 0.05) is 30.9 Å². The molecule has 104 valence electrons. The smallest absolute Gasteiger partial charge is 0.231 e. The van der Waals surface area contributed by atoms with Gasteiger partial charge in [-0.2, -0.15) is 0 Å². The van der Waals surface area contributed by atoms with Crippen LogP contribution in [0.15, 0.2) is 12.1 Å². The topological polar surface area (TPSA) is 47.7 Å². The SMILES string of the molecule is Cc1cc2c(cc1N(C)C1CCC(N)CC1)OCO2. The van der Waals surface area contributed by atoms with E-state index in [2.05, 4.69) is 31.0 Å². The summed E-state index contributed by atoms with van der Waals surface area (Å²) in [5.41, 5.74) is 8.46. The van der Waals surface area contributed by atoms with E-state index in [1.807, 2.05) is 0 Å². The van der Waals surface area contributed by atoms with Gasteiger partial charge in [0.1, 0.15) is 0 Å². The van der Waals surface area contributed by atoms with Crippen molar-refractivity contribution in [1.82, 2.24) is 0 Å². The molecule has 0 amide bonds. The Morgan fingerprint density at radius 1 is 1.11 bits per heavy atom. The van der Waals surface area contributed by atoms with Gasteiger partial charge < -0.3 is 20.1 Å². The maximum Gasteiger partial charge on any atom is 0.231 e. The van der Waals surface area contributed by atoms with Crippen LogP contribution in [0.4, 0.5) is 5.69 Å². The average Bonchev–Trinajstić information content (AvgIpc) is 2.85. The molecule has 19 heavy (non-hydrogen) atoms. The van der Waals surface area contributed by atoms with E-state index in [1.54, 1.807) is 0 Å². The Kier molecular flexibility index (Phi) is 3.27. The predicted molar refractivity (Wildman–Crippen MR) is 75.9 cm³/mol. The maximum absolute atomic E-state index is 5.98. The summed E-state index contributed by atoms with van der Waals surface area (Å²) >= 11 is 0. The molecule has 2 aliphatic rings. The summed E-state index contributed by atoms with van der Waals surface area (Å²) in [6.07, 6.45) is 4.59. The molecule has 0 spiro atoms. The second-order valence-corrected chi connectivity index (χ2v) is 5.67. The molecule has 0 saturated heterocycles. The molecule has 2 N–H and O–H groups in total. The Morgan fingerprint density at radius 2 is 1.74 bits per heavy atom. The van der Waals surface area contributed by atoms with Crippen LogP contribution < -0.4 is 20.1 Å². The van der Waals surface area contributed by atoms with Gasteiger partial charge in [-0.25, -0.2) is 0 Å². The molecule has 1 fully saturated rings. The molecule has 0 atom stereocenters. The average molecular weight is 262 g/mol. The Bertz CT molecular complexity index is 467. The fourth-order valence-corrected chi connectivity index (χ4v) is 3.10. The van der Waals surface area contributed by atoms with Crippen molar-refractivity contribution in [2.45, 2.75) is 44.7 Å². The fraction of sp³-hybridized carbons (Fsp3) is 0.600. The Hall–Kier alpha value is -1.42. The highest BCUT2D eigenvalue weighted by molar-refractivity contribution is 5.62. The number of benzene rings is 1. The highest BCUT2D eigenvalue weighted by Crippen LogP contribution is 2.39. The molecule has 0 unspecified atom stereocenters. The van der Waals surface area contributed by atoms with Crippen molar-refractivity contribution in [1.29, 1.82) is 0 Å². The lowest BCUT2D eigenvalue weighted by Crippen LogP contribution is -2.39. The van der Waals surface area contributed by atoms with Gasteiger partial charge in [0.05, 0.1) is 0 Å². The molecule has 1 aliphatic heterocycles. The van der Waals surface area contributed by atoms with Crippen molar-refractivity contribution in [3.05, 3.63) is 17.7 Å². The summed E-state index contributed by atoms with van der Waals surface area (Å²) in [6.45, 7) is 2.46. The third-order valence-corrected chi connectivity index (χ3v) is 4.36. The molecule has 3 rings (SSSR count). The predicted octanol–water partition coefficient (Wildman–Crippen LogP) is 2.43. The molecule has 1 aromatic rings. The van der Waals surface area contributed by atoms with E-state index >= 15 is 0 Å². The van der Waals surface area contributed by atoms with E-state index in [4.69, 9.17) is 15.2 Å². The van der Waals surface area contributed by atoms with Crippen molar-refractivity contribution < 1.29 is 9.47 Å². The van der Waals surface area contributed by atoms with Gasteiger partial charge >= 0.3 is 0 Å². The second-order valence-electron chi connectivity index (χ2n) is 5.67. The minimum Gasteiger partial charge on any atom is -0.454 e. The lowest BCUT2D eigenvalue weighted by atomic mass is 9.90. The lowest BCUT2D eigenvalue weighted by molar-refractivity contribution is 0.174. The van der Waals surface area contributed by atoms with Gasteiger partial charge in [-0.05, 0) is 44.2 Å². The number of aryl methyl sites for hydroxylation is 1. The quantitative estimate of drug-likeness (QED) is 0.889. The molecule has 4 nitrogen and oxygen atoms in total. The summed E-state index contributed by atoms with van der Waals surface area (Å²) in [6, 6.07) is 5.15. The summed E-state index contributed by atoms with van der Waals surface area (Å²) in [5.74, 6) is 1.72. The zero-order valence-electron chi connectivity index (χ0n) is 11.7. The number of nitrogens with two attached hydrogens (primary N) is 1. The molecule has 1 aromatic carbocycles.